The highest BCUT2D eigenvalue weighted by molar-refractivity contribution is 14.0. The molecule has 4 rings (SSSR count). The number of guanidine groups is 1. The van der Waals surface area contributed by atoms with Crippen molar-refractivity contribution in [1.29, 1.82) is 0 Å². The van der Waals surface area contributed by atoms with E-state index < -0.39 is 0 Å². The first-order valence-electron chi connectivity index (χ1n) is 9.26. The Balaban J connectivity index is 0.00000225. The van der Waals surface area contributed by atoms with Crippen LogP contribution in [0.4, 0.5) is 0 Å². The second-order valence-electron chi connectivity index (χ2n) is 6.49. The molecule has 0 aliphatic heterocycles. The molecular weight excluding hydrogens is 463 g/mol. The molecule has 28 heavy (non-hydrogen) atoms. The Morgan fingerprint density at radius 1 is 0.964 bits per heavy atom. The van der Waals surface area contributed by atoms with Gasteiger partial charge in [-0.1, -0.05) is 30.3 Å². The van der Waals surface area contributed by atoms with Gasteiger partial charge < -0.3 is 20.6 Å². The predicted molar refractivity (Wildman–Crippen MR) is 127 cm³/mol. The highest BCUT2D eigenvalue weighted by atomic mass is 127. The minimum absolute atomic E-state index is 0. The predicted octanol–water partition coefficient (Wildman–Crippen LogP) is 3.61. The molecule has 4 aromatic rings. The maximum absolute atomic E-state index is 4.60. The van der Waals surface area contributed by atoms with Gasteiger partial charge in [-0.15, -0.1) is 24.0 Å². The number of imidazole rings is 1. The number of rotatable bonds is 6. The minimum Gasteiger partial charge on any atom is -0.361 e. The van der Waals surface area contributed by atoms with Gasteiger partial charge in [0.1, 0.15) is 5.82 Å². The summed E-state index contributed by atoms with van der Waals surface area (Å²) in [5.74, 6) is 1.80. The third kappa shape index (κ3) is 4.64. The average Bonchev–Trinajstić information content (AvgIpc) is 3.30. The molecule has 0 aliphatic carbocycles. The Morgan fingerprint density at radius 2 is 1.68 bits per heavy atom. The molecule has 7 heteroatoms. The van der Waals surface area contributed by atoms with E-state index in [1.165, 1.54) is 16.5 Å². The lowest BCUT2D eigenvalue weighted by Gasteiger charge is -2.11. The van der Waals surface area contributed by atoms with Crippen LogP contribution in [0.15, 0.2) is 59.7 Å². The van der Waals surface area contributed by atoms with Gasteiger partial charge in [-0.3, -0.25) is 4.99 Å². The van der Waals surface area contributed by atoms with E-state index in [1.807, 2.05) is 24.3 Å². The molecule has 6 nitrogen and oxygen atoms in total. The average molecular weight is 488 g/mol. The number of halogens is 1. The fourth-order valence-electron chi connectivity index (χ4n) is 3.30. The van der Waals surface area contributed by atoms with Crippen molar-refractivity contribution >= 4 is 51.9 Å². The molecule has 0 unspecified atom stereocenters. The summed E-state index contributed by atoms with van der Waals surface area (Å²) in [7, 11) is 1.79. The highest BCUT2D eigenvalue weighted by Crippen LogP contribution is 2.17. The van der Waals surface area contributed by atoms with E-state index in [0.29, 0.717) is 0 Å². The number of aromatic amines is 2. The molecule has 0 radical (unpaired) electrons. The van der Waals surface area contributed by atoms with E-state index in [1.54, 1.807) is 7.05 Å². The van der Waals surface area contributed by atoms with Crippen molar-refractivity contribution in [2.45, 2.75) is 12.8 Å². The van der Waals surface area contributed by atoms with Crippen molar-refractivity contribution in [3.63, 3.8) is 0 Å². The van der Waals surface area contributed by atoms with Crippen LogP contribution in [-0.2, 0) is 12.8 Å². The molecule has 146 valence electrons. The van der Waals surface area contributed by atoms with Crippen molar-refractivity contribution in [2.24, 2.45) is 4.99 Å². The molecule has 0 amide bonds. The summed E-state index contributed by atoms with van der Waals surface area (Å²) < 4.78 is 0. The number of nitrogens with zero attached hydrogens (tertiary/aromatic N) is 2. The highest BCUT2D eigenvalue weighted by Gasteiger charge is 2.05. The maximum Gasteiger partial charge on any atom is 0.191 e. The summed E-state index contributed by atoms with van der Waals surface area (Å²) in [6, 6.07) is 16.5. The van der Waals surface area contributed by atoms with Crippen LogP contribution in [0.5, 0.6) is 0 Å². The zero-order chi connectivity index (χ0) is 18.5. The van der Waals surface area contributed by atoms with E-state index >= 15 is 0 Å². The van der Waals surface area contributed by atoms with Gasteiger partial charge in [-0.25, -0.2) is 4.98 Å². The first-order chi connectivity index (χ1) is 13.3. The van der Waals surface area contributed by atoms with Crippen LogP contribution in [0.2, 0.25) is 0 Å². The summed E-state index contributed by atoms with van der Waals surface area (Å²) >= 11 is 0. The molecule has 0 fully saturated rings. The fourth-order valence-corrected chi connectivity index (χ4v) is 3.30. The van der Waals surface area contributed by atoms with Crippen LogP contribution in [-0.4, -0.2) is 41.0 Å². The van der Waals surface area contributed by atoms with Gasteiger partial charge in [0.15, 0.2) is 5.96 Å². The van der Waals surface area contributed by atoms with Gasteiger partial charge in [0.2, 0.25) is 0 Å². The Labute approximate surface area is 181 Å². The van der Waals surface area contributed by atoms with Gasteiger partial charge >= 0.3 is 0 Å². The van der Waals surface area contributed by atoms with Gasteiger partial charge in [0.25, 0.3) is 0 Å². The van der Waals surface area contributed by atoms with Crippen LogP contribution in [0, 0.1) is 0 Å². The maximum atomic E-state index is 4.60. The zero-order valence-electron chi connectivity index (χ0n) is 15.8. The van der Waals surface area contributed by atoms with Gasteiger partial charge in [-0.05, 0) is 30.2 Å². The van der Waals surface area contributed by atoms with E-state index in [-0.39, 0.29) is 24.0 Å². The first kappa shape index (κ1) is 20.2. The zero-order valence-corrected chi connectivity index (χ0v) is 18.2. The minimum atomic E-state index is 0. The van der Waals surface area contributed by atoms with Crippen LogP contribution < -0.4 is 10.6 Å². The number of hydrogen-bond acceptors (Lipinski definition) is 2. The normalized spacial score (nSPS) is 11.5. The van der Waals surface area contributed by atoms with E-state index in [0.717, 1.165) is 48.7 Å². The number of hydrogen-bond donors (Lipinski definition) is 4. The molecule has 2 aromatic carbocycles. The quantitative estimate of drug-likeness (QED) is 0.190. The van der Waals surface area contributed by atoms with Crippen molar-refractivity contribution in [3.8, 4) is 0 Å². The third-order valence-electron chi connectivity index (χ3n) is 4.68. The van der Waals surface area contributed by atoms with E-state index in [2.05, 4.69) is 61.0 Å². The number of aliphatic imine (C=N–C) groups is 1. The molecule has 4 N–H and O–H groups in total. The van der Waals surface area contributed by atoms with Gasteiger partial charge in [0, 0.05) is 43.7 Å². The molecular formula is C21H25IN6. The molecule has 0 saturated carbocycles. The summed E-state index contributed by atoms with van der Waals surface area (Å²) in [6.07, 6.45) is 3.84. The Hall–Kier alpha value is -2.55. The van der Waals surface area contributed by atoms with Crippen LogP contribution in [0.25, 0.3) is 21.9 Å². The molecule has 0 bridgehead atoms. The van der Waals surface area contributed by atoms with Crippen LogP contribution >= 0.6 is 24.0 Å². The summed E-state index contributed by atoms with van der Waals surface area (Å²) in [4.78, 5) is 15.6. The number of benzene rings is 2. The Kier molecular flexibility index (Phi) is 6.91. The Morgan fingerprint density at radius 3 is 2.46 bits per heavy atom. The van der Waals surface area contributed by atoms with E-state index in [9.17, 15) is 0 Å². The molecule has 2 heterocycles. The lowest BCUT2D eigenvalue weighted by atomic mass is 10.1. The lowest BCUT2D eigenvalue weighted by molar-refractivity contribution is 0.771. The standard InChI is InChI=1S/C21H24N6.HI/c1-22-21(23-12-10-15-14-25-17-7-3-2-6-16(15)17)24-13-11-20-26-18-8-4-5-9-19(18)27-20;/h2-9,14,25H,10-13H2,1H3,(H,26,27)(H2,22,23,24);1H. The van der Waals surface area contributed by atoms with Gasteiger partial charge in [-0.2, -0.15) is 0 Å². The molecule has 0 atom stereocenters. The van der Waals surface area contributed by atoms with Crippen molar-refractivity contribution in [1.82, 2.24) is 25.6 Å². The topological polar surface area (TPSA) is 80.9 Å². The number of H-pyrrole nitrogens is 2. The fraction of sp³-hybridized carbons (Fsp3) is 0.238. The first-order valence-corrected chi connectivity index (χ1v) is 9.26. The van der Waals surface area contributed by atoms with E-state index in [4.69, 9.17) is 0 Å². The number of para-hydroxylation sites is 3. The summed E-state index contributed by atoms with van der Waals surface area (Å²) in [6.45, 7) is 1.60. The molecule has 2 aromatic heterocycles. The lowest BCUT2D eigenvalue weighted by Crippen LogP contribution is -2.39. The number of aromatic nitrogens is 3. The number of fused-ring (bicyclic) bond motifs is 2. The molecule has 0 saturated heterocycles. The Bertz CT molecular complexity index is 1030. The van der Waals surface area contributed by atoms with Crippen LogP contribution in [0.1, 0.15) is 11.4 Å². The summed E-state index contributed by atoms with van der Waals surface area (Å²) in [5, 5.41) is 8.01. The largest absolute Gasteiger partial charge is 0.361 e. The second-order valence-corrected chi connectivity index (χ2v) is 6.49. The third-order valence-corrected chi connectivity index (χ3v) is 4.68. The number of nitrogens with one attached hydrogen (secondary N) is 4. The van der Waals surface area contributed by atoms with Gasteiger partial charge in [0.05, 0.1) is 11.0 Å². The van der Waals surface area contributed by atoms with Crippen molar-refractivity contribution < 1.29 is 0 Å². The monoisotopic (exact) mass is 488 g/mol. The molecule has 0 spiro atoms. The SMILES string of the molecule is CN=C(NCCc1nc2ccccc2[nH]1)NCCc1c[nH]c2ccccc12.I. The van der Waals surface area contributed by atoms with Crippen molar-refractivity contribution in [3.05, 3.63) is 66.1 Å². The van der Waals surface area contributed by atoms with Crippen LogP contribution in [0.3, 0.4) is 0 Å². The second kappa shape index (κ2) is 9.59. The smallest absolute Gasteiger partial charge is 0.191 e. The summed E-state index contributed by atoms with van der Waals surface area (Å²) in [5.41, 5.74) is 4.58. The van der Waals surface area contributed by atoms with Crippen molar-refractivity contribution in [2.75, 3.05) is 20.1 Å². The molecule has 0 aliphatic rings.